The third-order valence-electron chi connectivity index (χ3n) is 2.64. The van der Waals surface area contributed by atoms with Gasteiger partial charge in [0, 0.05) is 5.56 Å². The van der Waals surface area contributed by atoms with Crippen LogP contribution in [0.5, 0.6) is 0 Å². The van der Waals surface area contributed by atoms with Crippen LogP contribution in [0.3, 0.4) is 0 Å². The highest BCUT2D eigenvalue weighted by atomic mass is 16.4. The number of aryl methyl sites for hydroxylation is 1. The van der Waals surface area contributed by atoms with E-state index in [9.17, 15) is 4.79 Å². The number of hydrogen-bond acceptors (Lipinski definition) is 4. The van der Waals surface area contributed by atoms with Crippen molar-refractivity contribution in [2.24, 2.45) is 0 Å². The van der Waals surface area contributed by atoms with E-state index in [-0.39, 0.29) is 0 Å². The Balaban J connectivity index is 2.25. The van der Waals surface area contributed by atoms with Crippen molar-refractivity contribution in [2.45, 2.75) is 6.92 Å². The van der Waals surface area contributed by atoms with Crippen molar-refractivity contribution in [1.82, 2.24) is 15.0 Å². The highest BCUT2D eigenvalue weighted by Crippen LogP contribution is 2.24. The van der Waals surface area contributed by atoms with Crippen molar-refractivity contribution in [3.8, 4) is 17.3 Å². The van der Waals surface area contributed by atoms with Gasteiger partial charge in [0.15, 0.2) is 11.3 Å². The van der Waals surface area contributed by atoms with E-state index in [0.717, 1.165) is 5.56 Å². The molecule has 0 fully saturated rings. The zero-order chi connectivity index (χ0) is 12.7. The summed E-state index contributed by atoms with van der Waals surface area (Å²) < 4.78 is 4.92. The quantitative estimate of drug-likeness (QED) is 0.676. The maximum absolute atomic E-state index is 11.1. The molecule has 0 spiro atoms. The Kier molecular flexibility index (Phi) is 2.07. The zero-order valence-electron chi connectivity index (χ0n) is 9.44. The first-order valence-electron chi connectivity index (χ1n) is 5.27. The van der Waals surface area contributed by atoms with E-state index in [1.165, 1.54) is 0 Å². The van der Waals surface area contributed by atoms with E-state index in [1.54, 1.807) is 25.1 Å². The highest BCUT2D eigenvalue weighted by Gasteiger charge is 2.11. The number of aromatic nitrogens is 3. The summed E-state index contributed by atoms with van der Waals surface area (Å²) in [7, 11) is 0. The van der Waals surface area contributed by atoms with Crippen molar-refractivity contribution >= 4 is 11.1 Å². The molecule has 2 N–H and O–H groups in total. The second-order valence-electron chi connectivity index (χ2n) is 3.88. The predicted octanol–water partition coefficient (Wildman–Crippen LogP) is 1.69. The minimum atomic E-state index is -0.497. The minimum Gasteiger partial charge on any atom is -0.408 e. The third-order valence-corrected chi connectivity index (χ3v) is 2.64. The van der Waals surface area contributed by atoms with Crippen molar-refractivity contribution < 1.29 is 4.42 Å². The van der Waals surface area contributed by atoms with E-state index >= 15 is 0 Å². The first-order valence-corrected chi connectivity index (χ1v) is 5.27. The van der Waals surface area contributed by atoms with Gasteiger partial charge in [-0.05, 0) is 25.1 Å². The number of hydrogen-bond donors (Lipinski definition) is 2. The van der Waals surface area contributed by atoms with Gasteiger partial charge in [0.05, 0.1) is 11.2 Å². The first-order chi connectivity index (χ1) is 8.67. The number of nitrogens with one attached hydrogen (secondary N) is 2. The largest absolute Gasteiger partial charge is 0.417 e. The Hall–Kier alpha value is -2.81. The lowest BCUT2D eigenvalue weighted by atomic mass is 10.1. The molecule has 0 aliphatic rings. The molecule has 0 radical (unpaired) electrons. The van der Waals surface area contributed by atoms with Crippen molar-refractivity contribution in [3.05, 3.63) is 40.3 Å². The molecule has 2 aromatic heterocycles. The Morgan fingerprint density at radius 1 is 1.39 bits per heavy atom. The molecule has 1 aromatic carbocycles. The number of fused-ring (bicyclic) bond motifs is 1. The molecular weight excluding hydrogens is 232 g/mol. The van der Waals surface area contributed by atoms with E-state index in [2.05, 4.69) is 15.0 Å². The monoisotopic (exact) mass is 240 g/mol. The van der Waals surface area contributed by atoms with Crippen LogP contribution in [0.2, 0.25) is 0 Å². The summed E-state index contributed by atoms with van der Waals surface area (Å²) in [5.74, 6) is 0.172. The Morgan fingerprint density at radius 2 is 2.22 bits per heavy atom. The SMILES string of the molecule is Cc1nc(C#N)c(-c2ccc3oc(=O)[nH]c3c2)[nH]1. The van der Waals surface area contributed by atoms with Crippen LogP contribution in [-0.4, -0.2) is 15.0 Å². The lowest BCUT2D eigenvalue weighted by Crippen LogP contribution is -1.92. The van der Waals surface area contributed by atoms with Crippen LogP contribution in [-0.2, 0) is 0 Å². The van der Waals surface area contributed by atoms with Gasteiger partial charge in [-0.3, -0.25) is 4.98 Å². The Morgan fingerprint density at radius 3 is 3.00 bits per heavy atom. The molecule has 0 aliphatic carbocycles. The molecule has 0 aliphatic heterocycles. The molecule has 0 unspecified atom stereocenters. The van der Waals surface area contributed by atoms with Gasteiger partial charge in [-0.2, -0.15) is 5.26 Å². The molecule has 88 valence electrons. The summed E-state index contributed by atoms with van der Waals surface area (Å²) in [6.45, 7) is 1.78. The number of nitrogens with zero attached hydrogens (tertiary/aromatic N) is 2. The summed E-state index contributed by atoms with van der Waals surface area (Å²) >= 11 is 0. The van der Waals surface area contributed by atoms with Crippen LogP contribution in [0.1, 0.15) is 11.5 Å². The van der Waals surface area contributed by atoms with Crippen LogP contribution in [0.25, 0.3) is 22.4 Å². The number of benzene rings is 1. The molecular formula is C12H8N4O2. The maximum Gasteiger partial charge on any atom is 0.417 e. The first kappa shape index (κ1) is 10.4. The maximum atomic E-state index is 11.1. The second kappa shape index (κ2) is 3.60. The minimum absolute atomic E-state index is 0.331. The molecule has 18 heavy (non-hydrogen) atoms. The molecule has 0 amide bonds. The number of H-pyrrole nitrogens is 2. The highest BCUT2D eigenvalue weighted by molar-refractivity contribution is 5.80. The van der Waals surface area contributed by atoms with E-state index in [1.807, 2.05) is 6.07 Å². The van der Waals surface area contributed by atoms with Crippen molar-refractivity contribution in [2.75, 3.05) is 0 Å². The van der Waals surface area contributed by atoms with Crippen LogP contribution in [0.4, 0.5) is 0 Å². The molecule has 0 atom stereocenters. The number of rotatable bonds is 1. The molecule has 6 heteroatoms. The van der Waals surface area contributed by atoms with Crippen LogP contribution < -0.4 is 5.76 Å². The molecule has 6 nitrogen and oxygen atoms in total. The number of nitriles is 1. The summed E-state index contributed by atoms with van der Waals surface area (Å²) in [5, 5.41) is 9.00. The van der Waals surface area contributed by atoms with Crippen LogP contribution >= 0.6 is 0 Å². The lowest BCUT2D eigenvalue weighted by Gasteiger charge is -1.97. The average Bonchev–Trinajstić information content (AvgIpc) is 2.89. The fraction of sp³-hybridized carbons (Fsp3) is 0.0833. The topological polar surface area (TPSA) is 98.5 Å². The summed E-state index contributed by atoms with van der Waals surface area (Å²) in [6, 6.07) is 7.23. The van der Waals surface area contributed by atoms with Gasteiger partial charge in [-0.1, -0.05) is 0 Å². The van der Waals surface area contributed by atoms with Gasteiger partial charge in [-0.25, -0.2) is 9.78 Å². The molecule has 3 rings (SSSR count). The normalized spacial score (nSPS) is 10.7. The van der Waals surface area contributed by atoms with Gasteiger partial charge in [0.25, 0.3) is 0 Å². The molecule has 0 bridgehead atoms. The van der Waals surface area contributed by atoms with Gasteiger partial charge >= 0.3 is 5.76 Å². The van der Waals surface area contributed by atoms with Gasteiger partial charge in [0.2, 0.25) is 0 Å². The van der Waals surface area contributed by atoms with E-state index in [4.69, 9.17) is 9.68 Å². The molecule has 0 saturated heterocycles. The fourth-order valence-corrected chi connectivity index (χ4v) is 1.89. The molecule has 3 aromatic rings. The number of imidazole rings is 1. The number of aromatic amines is 2. The second-order valence-corrected chi connectivity index (χ2v) is 3.88. The molecule has 0 saturated carbocycles. The fourth-order valence-electron chi connectivity index (χ4n) is 1.89. The smallest absolute Gasteiger partial charge is 0.408 e. The number of oxazole rings is 1. The van der Waals surface area contributed by atoms with E-state index in [0.29, 0.717) is 28.3 Å². The lowest BCUT2D eigenvalue weighted by molar-refractivity contribution is 0.555. The summed E-state index contributed by atoms with van der Waals surface area (Å²) in [4.78, 5) is 20.7. The van der Waals surface area contributed by atoms with Crippen molar-refractivity contribution in [1.29, 1.82) is 5.26 Å². The average molecular weight is 240 g/mol. The zero-order valence-corrected chi connectivity index (χ0v) is 9.44. The van der Waals surface area contributed by atoms with Gasteiger partial charge in [-0.15, -0.1) is 0 Å². The van der Waals surface area contributed by atoms with E-state index < -0.39 is 5.76 Å². The van der Waals surface area contributed by atoms with Gasteiger partial charge in [0.1, 0.15) is 11.9 Å². The summed E-state index contributed by atoms with van der Waals surface area (Å²) in [6.07, 6.45) is 0. The Bertz CT molecular complexity index is 832. The molecule has 2 heterocycles. The third kappa shape index (κ3) is 1.50. The van der Waals surface area contributed by atoms with Crippen LogP contribution in [0.15, 0.2) is 27.4 Å². The van der Waals surface area contributed by atoms with Crippen LogP contribution in [0, 0.1) is 18.3 Å². The van der Waals surface area contributed by atoms with Crippen molar-refractivity contribution in [3.63, 3.8) is 0 Å². The van der Waals surface area contributed by atoms with Gasteiger partial charge < -0.3 is 9.40 Å². The Labute approximate surface area is 101 Å². The standard InChI is InChI=1S/C12H8N4O2/c1-6-14-9(5-13)11(15-6)7-2-3-10-8(4-7)16-12(17)18-10/h2-4H,1H3,(H,14,15)(H,16,17). The summed E-state index contributed by atoms with van der Waals surface area (Å²) in [5.41, 5.74) is 2.82. The predicted molar refractivity (Wildman–Crippen MR) is 63.9 cm³/mol.